The lowest BCUT2D eigenvalue weighted by Gasteiger charge is -2.36. The van der Waals surface area contributed by atoms with Crippen molar-refractivity contribution in [3.05, 3.63) is 51.8 Å². The first kappa shape index (κ1) is 22.7. The topological polar surface area (TPSA) is 94.7 Å². The van der Waals surface area contributed by atoms with Gasteiger partial charge in [0.1, 0.15) is 5.69 Å². The van der Waals surface area contributed by atoms with Crippen LogP contribution in [0.1, 0.15) is 39.0 Å². The lowest BCUT2D eigenvalue weighted by atomic mass is 10.1. The van der Waals surface area contributed by atoms with E-state index in [0.717, 1.165) is 5.69 Å². The normalized spacial score (nSPS) is 13.8. The second-order valence-corrected chi connectivity index (χ2v) is 7.81. The molecule has 0 aliphatic carbocycles. The SMILES string of the molecule is CCOC(=O)c1c(C)[nH]c(C(=O)NCC(=O)N2CCN(c3ccc(Cl)cc3)CC2)c1C. The molecule has 0 saturated carbocycles. The molecule has 0 radical (unpaired) electrons. The highest BCUT2D eigenvalue weighted by Gasteiger charge is 2.25. The van der Waals surface area contributed by atoms with Crippen LogP contribution in [-0.4, -0.2) is 67.0 Å². The third-order valence-electron chi connectivity index (χ3n) is 5.37. The summed E-state index contributed by atoms with van der Waals surface area (Å²) in [6.07, 6.45) is 0. The average molecular weight is 447 g/mol. The number of nitrogens with zero attached hydrogens (tertiary/aromatic N) is 2. The van der Waals surface area contributed by atoms with Crippen LogP contribution in [0.2, 0.25) is 5.02 Å². The maximum atomic E-state index is 12.6. The Morgan fingerprint density at radius 3 is 2.35 bits per heavy atom. The monoisotopic (exact) mass is 446 g/mol. The molecule has 2 N–H and O–H groups in total. The van der Waals surface area contributed by atoms with E-state index in [0.29, 0.717) is 48.0 Å². The first-order valence-electron chi connectivity index (χ1n) is 10.2. The minimum absolute atomic E-state index is 0.105. The van der Waals surface area contributed by atoms with Crippen molar-refractivity contribution in [1.82, 2.24) is 15.2 Å². The zero-order valence-electron chi connectivity index (χ0n) is 18.0. The van der Waals surface area contributed by atoms with Crippen molar-refractivity contribution in [2.75, 3.05) is 44.2 Å². The molecule has 1 aliphatic rings. The molecule has 1 fully saturated rings. The fourth-order valence-corrected chi connectivity index (χ4v) is 3.83. The Morgan fingerprint density at radius 2 is 1.74 bits per heavy atom. The average Bonchev–Trinajstić information content (AvgIpc) is 3.06. The van der Waals surface area contributed by atoms with Gasteiger partial charge in [0.05, 0.1) is 18.7 Å². The zero-order chi connectivity index (χ0) is 22.5. The van der Waals surface area contributed by atoms with Gasteiger partial charge in [-0.05, 0) is 50.6 Å². The maximum Gasteiger partial charge on any atom is 0.340 e. The van der Waals surface area contributed by atoms with Crippen molar-refractivity contribution in [1.29, 1.82) is 0 Å². The standard InChI is InChI=1S/C22H27ClN4O4/c1-4-31-22(30)19-14(2)20(25-15(19)3)21(29)24-13-18(28)27-11-9-26(10-12-27)17-7-5-16(23)6-8-17/h5-8,25H,4,9-13H2,1-3H3,(H,24,29). The summed E-state index contributed by atoms with van der Waals surface area (Å²) < 4.78 is 5.04. The van der Waals surface area contributed by atoms with E-state index in [1.807, 2.05) is 24.3 Å². The molecule has 0 unspecified atom stereocenters. The van der Waals surface area contributed by atoms with Gasteiger partial charge in [-0.3, -0.25) is 9.59 Å². The fourth-order valence-electron chi connectivity index (χ4n) is 3.71. The molecule has 2 aromatic rings. The summed E-state index contributed by atoms with van der Waals surface area (Å²) in [6.45, 7) is 7.83. The van der Waals surface area contributed by atoms with Gasteiger partial charge in [0.2, 0.25) is 5.91 Å². The van der Waals surface area contributed by atoms with Crippen LogP contribution in [0, 0.1) is 13.8 Å². The van der Waals surface area contributed by atoms with Crippen LogP contribution in [0.3, 0.4) is 0 Å². The number of carbonyl (C=O) groups is 3. The number of rotatable bonds is 6. The van der Waals surface area contributed by atoms with E-state index in [-0.39, 0.29) is 24.8 Å². The molecule has 8 nitrogen and oxygen atoms in total. The number of esters is 1. The van der Waals surface area contributed by atoms with Gasteiger partial charge in [0.15, 0.2) is 0 Å². The number of piperazine rings is 1. The van der Waals surface area contributed by atoms with Crippen LogP contribution >= 0.6 is 11.6 Å². The number of anilines is 1. The summed E-state index contributed by atoms with van der Waals surface area (Å²) in [6, 6.07) is 7.62. The number of halogens is 1. The van der Waals surface area contributed by atoms with E-state index in [4.69, 9.17) is 16.3 Å². The maximum absolute atomic E-state index is 12.6. The summed E-state index contributed by atoms with van der Waals surface area (Å²) in [4.78, 5) is 44.1. The highest BCUT2D eigenvalue weighted by Crippen LogP contribution is 2.20. The van der Waals surface area contributed by atoms with Crippen LogP contribution in [0.4, 0.5) is 5.69 Å². The number of nitrogens with one attached hydrogen (secondary N) is 2. The lowest BCUT2D eigenvalue weighted by Crippen LogP contribution is -2.51. The van der Waals surface area contributed by atoms with Crippen LogP contribution < -0.4 is 10.2 Å². The number of hydrogen-bond donors (Lipinski definition) is 2. The number of ether oxygens (including phenoxy) is 1. The first-order chi connectivity index (χ1) is 14.8. The molecule has 0 atom stereocenters. The highest BCUT2D eigenvalue weighted by molar-refractivity contribution is 6.30. The Labute approximate surface area is 186 Å². The first-order valence-corrected chi connectivity index (χ1v) is 10.6. The molecular formula is C22H27ClN4O4. The molecule has 166 valence electrons. The summed E-state index contributed by atoms with van der Waals surface area (Å²) in [5.74, 6) is -1.04. The number of aromatic amines is 1. The van der Waals surface area contributed by atoms with E-state index >= 15 is 0 Å². The fraction of sp³-hybridized carbons (Fsp3) is 0.409. The third kappa shape index (κ3) is 5.19. The predicted molar refractivity (Wildman–Crippen MR) is 119 cm³/mol. The quantitative estimate of drug-likeness (QED) is 0.665. The number of H-pyrrole nitrogens is 1. The van der Waals surface area contributed by atoms with Gasteiger partial charge in [0, 0.05) is 42.6 Å². The van der Waals surface area contributed by atoms with Crippen LogP contribution in [0.25, 0.3) is 0 Å². The molecule has 1 aromatic carbocycles. The molecule has 1 aromatic heterocycles. The van der Waals surface area contributed by atoms with E-state index in [1.165, 1.54) is 0 Å². The molecule has 0 bridgehead atoms. The van der Waals surface area contributed by atoms with Gasteiger partial charge < -0.3 is 24.8 Å². The summed E-state index contributed by atoms with van der Waals surface area (Å²) in [5.41, 5.74) is 2.76. The number of amides is 2. The van der Waals surface area contributed by atoms with E-state index in [9.17, 15) is 14.4 Å². The summed E-state index contributed by atoms with van der Waals surface area (Å²) in [7, 11) is 0. The number of aromatic nitrogens is 1. The molecular weight excluding hydrogens is 420 g/mol. The largest absolute Gasteiger partial charge is 0.462 e. The van der Waals surface area contributed by atoms with Crippen molar-refractivity contribution >= 4 is 35.1 Å². The van der Waals surface area contributed by atoms with Gasteiger partial charge in [0.25, 0.3) is 5.91 Å². The second kappa shape index (κ2) is 9.87. The van der Waals surface area contributed by atoms with Gasteiger partial charge in [-0.1, -0.05) is 11.6 Å². The molecule has 1 aliphatic heterocycles. The van der Waals surface area contributed by atoms with Crippen molar-refractivity contribution < 1.29 is 19.1 Å². The molecule has 9 heteroatoms. The number of carbonyl (C=O) groups excluding carboxylic acids is 3. The van der Waals surface area contributed by atoms with Gasteiger partial charge in [-0.2, -0.15) is 0 Å². The molecule has 2 heterocycles. The number of aryl methyl sites for hydroxylation is 1. The Bertz CT molecular complexity index is 963. The third-order valence-corrected chi connectivity index (χ3v) is 5.62. The van der Waals surface area contributed by atoms with Crippen molar-refractivity contribution in [3.8, 4) is 0 Å². The van der Waals surface area contributed by atoms with Crippen molar-refractivity contribution in [2.45, 2.75) is 20.8 Å². The Hall–Kier alpha value is -3.00. The van der Waals surface area contributed by atoms with Crippen molar-refractivity contribution in [2.24, 2.45) is 0 Å². The van der Waals surface area contributed by atoms with Crippen LogP contribution in [0.5, 0.6) is 0 Å². The number of hydrogen-bond acceptors (Lipinski definition) is 5. The summed E-state index contributed by atoms with van der Waals surface area (Å²) >= 11 is 5.94. The summed E-state index contributed by atoms with van der Waals surface area (Å²) in [5, 5.41) is 3.35. The van der Waals surface area contributed by atoms with Gasteiger partial charge in [-0.15, -0.1) is 0 Å². The molecule has 2 amide bonds. The minimum atomic E-state index is -0.470. The Kier molecular flexibility index (Phi) is 7.22. The zero-order valence-corrected chi connectivity index (χ0v) is 18.7. The molecule has 31 heavy (non-hydrogen) atoms. The Balaban J connectivity index is 1.53. The van der Waals surface area contributed by atoms with E-state index in [1.54, 1.807) is 25.7 Å². The smallest absolute Gasteiger partial charge is 0.340 e. The molecule has 0 spiro atoms. The highest BCUT2D eigenvalue weighted by atomic mass is 35.5. The predicted octanol–water partition coefficient (Wildman–Crippen LogP) is 2.54. The molecule has 3 rings (SSSR count). The van der Waals surface area contributed by atoms with Crippen LogP contribution in [0.15, 0.2) is 24.3 Å². The minimum Gasteiger partial charge on any atom is -0.462 e. The van der Waals surface area contributed by atoms with Gasteiger partial charge >= 0.3 is 5.97 Å². The van der Waals surface area contributed by atoms with E-state index < -0.39 is 11.9 Å². The van der Waals surface area contributed by atoms with E-state index in [2.05, 4.69) is 15.2 Å². The lowest BCUT2D eigenvalue weighted by molar-refractivity contribution is -0.130. The second-order valence-electron chi connectivity index (χ2n) is 7.37. The molecule has 1 saturated heterocycles. The van der Waals surface area contributed by atoms with Crippen LogP contribution in [-0.2, 0) is 9.53 Å². The number of benzene rings is 1. The Morgan fingerprint density at radius 1 is 1.10 bits per heavy atom. The van der Waals surface area contributed by atoms with Crippen molar-refractivity contribution in [3.63, 3.8) is 0 Å². The van der Waals surface area contributed by atoms with Gasteiger partial charge in [-0.25, -0.2) is 4.79 Å².